The maximum atomic E-state index is 12.4. The number of hydrogen-bond donors (Lipinski definition) is 1. The van der Waals surface area contributed by atoms with Gasteiger partial charge in [-0.3, -0.25) is 4.79 Å². The number of hydrogen-bond acceptors (Lipinski definition) is 4. The Bertz CT molecular complexity index is 703. The van der Waals surface area contributed by atoms with Crippen LogP contribution in [0.4, 0.5) is 0 Å². The van der Waals surface area contributed by atoms with E-state index in [0.717, 1.165) is 22.6 Å². The van der Waals surface area contributed by atoms with Crippen LogP contribution in [0.3, 0.4) is 0 Å². The predicted octanol–water partition coefficient (Wildman–Crippen LogP) is 2.36. The number of benzene rings is 1. The molecule has 5 heteroatoms. The molecule has 2 aromatic rings. The lowest BCUT2D eigenvalue weighted by atomic mass is 9.84. The van der Waals surface area contributed by atoms with Crippen LogP contribution in [0.25, 0.3) is 10.2 Å². The lowest BCUT2D eigenvalue weighted by molar-refractivity contribution is -0.122. The zero-order chi connectivity index (χ0) is 15.1. The lowest BCUT2D eigenvalue weighted by Crippen LogP contribution is -2.57. The molecule has 0 spiro atoms. The van der Waals surface area contributed by atoms with Gasteiger partial charge in [-0.2, -0.15) is 0 Å². The monoisotopic (exact) mass is 315 g/mol. The van der Waals surface area contributed by atoms with Crippen LogP contribution in [0.1, 0.15) is 23.4 Å². The van der Waals surface area contributed by atoms with E-state index in [1.165, 1.54) is 30.6 Å². The summed E-state index contributed by atoms with van der Waals surface area (Å²) >= 11 is 1.69. The maximum absolute atomic E-state index is 12.4. The molecule has 3 saturated heterocycles. The lowest BCUT2D eigenvalue weighted by Gasteiger charge is -2.44. The first-order chi connectivity index (χ1) is 10.7. The molecule has 1 N–H and O–H groups in total. The molecule has 5 rings (SSSR count). The third-order valence-corrected chi connectivity index (χ3v) is 5.86. The molecule has 0 aliphatic carbocycles. The van der Waals surface area contributed by atoms with Gasteiger partial charge in [0.05, 0.1) is 21.6 Å². The van der Waals surface area contributed by atoms with Gasteiger partial charge >= 0.3 is 0 Å². The van der Waals surface area contributed by atoms with Gasteiger partial charge in [0.25, 0.3) is 0 Å². The summed E-state index contributed by atoms with van der Waals surface area (Å²) in [6, 6.07) is 6.51. The average molecular weight is 315 g/mol. The number of nitrogens with one attached hydrogen (secondary N) is 1. The topological polar surface area (TPSA) is 45.2 Å². The quantitative estimate of drug-likeness (QED) is 0.946. The van der Waals surface area contributed by atoms with Crippen LogP contribution in [-0.2, 0) is 11.2 Å². The zero-order valence-corrected chi connectivity index (χ0v) is 13.7. The minimum Gasteiger partial charge on any atom is -0.352 e. The van der Waals surface area contributed by atoms with E-state index in [4.69, 9.17) is 0 Å². The van der Waals surface area contributed by atoms with E-state index in [1.54, 1.807) is 11.3 Å². The van der Waals surface area contributed by atoms with Gasteiger partial charge in [-0.25, -0.2) is 4.98 Å². The molecule has 0 unspecified atom stereocenters. The summed E-state index contributed by atoms with van der Waals surface area (Å²) in [6.07, 6.45) is 2.93. The van der Waals surface area contributed by atoms with Crippen molar-refractivity contribution in [3.8, 4) is 0 Å². The highest BCUT2D eigenvalue weighted by atomic mass is 32.1. The summed E-state index contributed by atoms with van der Waals surface area (Å²) < 4.78 is 1.17. The van der Waals surface area contributed by atoms with Gasteiger partial charge in [-0.1, -0.05) is 6.07 Å². The van der Waals surface area contributed by atoms with E-state index in [2.05, 4.69) is 21.3 Å². The molecule has 1 atom stereocenters. The molecule has 1 aromatic heterocycles. The number of aromatic nitrogens is 1. The van der Waals surface area contributed by atoms with Crippen molar-refractivity contribution in [2.45, 2.75) is 32.2 Å². The van der Waals surface area contributed by atoms with Gasteiger partial charge in [0.2, 0.25) is 5.91 Å². The molecule has 2 bridgehead atoms. The highest BCUT2D eigenvalue weighted by molar-refractivity contribution is 7.18. The Morgan fingerprint density at radius 2 is 2.23 bits per heavy atom. The summed E-state index contributed by atoms with van der Waals surface area (Å²) in [5.74, 6) is 0.833. The minimum absolute atomic E-state index is 0.152. The second-order valence-electron chi connectivity index (χ2n) is 6.52. The van der Waals surface area contributed by atoms with Gasteiger partial charge in [0.1, 0.15) is 0 Å². The second-order valence-corrected chi connectivity index (χ2v) is 7.76. The number of amides is 1. The second kappa shape index (κ2) is 5.63. The van der Waals surface area contributed by atoms with E-state index < -0.39 is 0 Å². The van der Waals surface area contributed by atoms with Gasteiger partial charge in [-0.15, -0.1) is 11.3 Å². The van der Waals surface area contributed by atoms with Crippen molar-refractivity contribution in [2.75, 3.05) is 19.6 Å². The molecular formula is C17H21N3OS. The van der Waals surface area contributed by atoms with E-state index in [-0.39, 0.29) is 5.91 Å². The summed E-state index contributed by atoms with van der Waals surface area (Å²) in [5.41, 5.74) is 2.11. The molecule has 4 nitrogen and oxygen atoms in total. The standard InChI is InChI=1S/C17H21N3OS/c1-11-18-14-3-2-12(8-16(14)22-11)9-17(21)19-15-10-20-6-4-13(15)5-7-20/h2-3,8,13,15H,4-7,9-10H2,1H3,(H,19,21)/t15-/m0/s1. The normalized spacial score (nSPS) is 27.2. The van der Waals surface area contributed by atoms with Crippen molar-refractivity contribution in [1.82, 2.24) is 15.2 Å². The van der Waals surface area contributed by atoms with Crippen LogP contribution in [0, 0.1) is 12.8 Å². The molecule has 22 heavy (non-hydrogen) atoms. The van der Waals surface area contributed by atoms with Gasteiger partial charge < -0.3 is 10.2 Å². The number of fused-ring (bicyclic) bond motifs is 4. The average Bonchev–Trinajstić information content (AvgIpc) is 2.87. The molecule has 116 valence electrons. The highest BCUT2D eigenvalue weighted by Gasteiger charge is 2.34. The van der Waals surface area contributed by atoms with Crippen LogP contribution >= 0.6 is 11.3 Å². The van der Waals surface area contributed by atoms with Crippen LogP contribution in [0.5, 0.6) is 0 Å². The molecule has 3 aliphatic heterocycles. The number of thiazole rings is 1. The van der Waals surface area contributed by atoms with Crippen molar-refractivity contribution in [1.29, 1.82) is 0 Å². The predicted molar refractivity (Wildman–Crippen MR) is 89.2 cm³/mol. The van der Waals surface area contributed by atoms with Gasteiger partial charge in [0.15, 0.2) is 0 Å². The fraction of sp³-hybridized carbons (Fsp3) is 0.529. The first-order valence-electron chi connectivity index (χ1n) is 8.05. The Kier molecular flexibility index (Phi) is 3.62. The number of carbonyl (C=O) groups is 1. The molecule has 3 aliphatic rings. The number of nitrogens with zero attached hydrogens (tertiary/aromatic N) is 2. The Labute approximate surface area is 134 Å². The largest absolute Gasteiger partial charge is 0.352 e. The van der Waals surface area contributed by atoms with Crippen LogP contribution < -0.4 is 5.32 Å². The van der Waals surface area contributed by atoms with Crippen molar-refractivity contribution in [3.63, 3.8) is 0 Å². The summed E-state index contributed by atoms with van der Waals surface area (Å²) in [4.78, 5) is 19.3. The third-order valence-electron chi connectivity index (χ3n) is 4.93. The molecule has 1 amide bonds. The Balaban J connectivity index is 1.42. The van der Waals surface area contributed by atoms with Crippen molar-refractivity contribution >= 4 is 27.5 Å². The van der Waals surface area contributed by atoms with Crippen LogP contribution in [-0.4, -0.2) is 41.5 Å². The van der Waals surface area contributed by atoms with E-state index in [0.29, 0.717) is 18.4 Å². The molecule has 4 heterocycles. The Morgan fingerprint density at radius 1 is 1.41 bits per heavy atom. The molecular weight excluding hydrogens is 294 g/mol. The SMILES string of the molecule is Cc1nc2ccc(CC(=O)N[C@H]3CN4CCC3CC4)cc2s1. The number of rotatable bonds is 3. The summed E-state index contributed by atoms with van der Waals surface area (Å²) in [6.45, 7) is 5.46. The van der Waals surface area contributed by atoms with E-state index >= 15 is 0 Å². The number of carbonyl (C=O) groups excluding carboxylic acids is 1. The van der Waals surface area contributed by atoms with Crippen molar-refractivity contribution in [2.24, 2.45) is 5.92 Å². The summed E-state index contributed by atoms with van der Waals surface area (Å²) in [5, 5.41) is 4.33. The maximum Gasteiger partial charge on any atom is 0.224 e. The molecule has 3 fully saturated rings. The van der Waals surface area contributed by atoms with Crippen molar-refractivity contribution < 1.29 is 4.79 Å². The van der Waals surface area contributed by atoms with Gasteiger partial charge in [-0.05, 0) is 56.5 Å². The Morgan fingerprint density at radius 3 is 2.95 bits per heavy atom. The fourth-order valence-electron chi connectivity index (χ4n) is 3.77. The fourth-order valence-corrected chi connectivity index (χ4v) is 4.66. The zero-order valence-electron chi connectivity index (χ0n) is 12.8. The highest BCUT2D eigenvalue weighted by Crippen LogP contribution is 2.27. The molecule has 0 radical (unpaired) electrons. The third kappa shape index (κ3) is 2.75. The minimum atomic E-state index is 0.152. The first-order valence-corrected chi connectivity index (χ1v) is 8.87. The van der Waals surface area contributed by atoms with E-state index in [9.17, 15) is 4.79 Å². The molecule has 0 saturated carbocycles. The van der Waals surface area contributed by atoms with Crippen molar-refractivity contribution in [3.05, 3.63) is 28.8 Å². The van der Waals surface area contributed by atoms with Gasteiger partial charge in [0, 0.05) is 12.6 Å². The number of piperidine rings is 3. The molecule has 1 aromatic carbocycles. The van der Waals surface area contributed by atoms with E-state index in [1.807, 2.05) is 19.1 Å². The Hall–Kier alpha value is -1.46. The number of aryl methyl sites for hydroxylation is 1. The van der Waals surface area contributed by atoms with Crippen LogP contribution in [0.15, 0.2) is 18.2 Å². The first kappa shape index (κ1) is 14.2. The smallest absolute Gasteiger partial charge is 0.224 e. The van der Waals surface area contributed by atoms with Crippen LogP contribution in [0.2, 0.25) is 0 Å². The summed E-state index contributed by atoms with van der Waals surface area (Å²) in [7, 11) is 0.